The Morgan fingerprint density at radius 1 is 1.25 bits per heavy atom. The van der Waals surface area contributed by atoms with Gasteiger partial charge in [0.1, 0.15) is 11.4 Å². The summed E-state index contributed by atoms with van der Waals surface area (Å²) in [7, 11) is 0. The van der Waals surface area contributed by atoms with Crippen LogP contribution in [0.3, 0.4) is 0 Å². The van der Waals surface area contributed by atoms with Gasteiger partial charge in [-0.2, -0.15) is 0 Å². The lowest BCUT2D eigenvalue weighted by Gasteiger charge is -2.37. The van der Waals surface area contributed by atoms with Gasteiger partial charge in [0.05, 0.1) is 4.83 Å². The zero-order valence-electron chi connectivity index (χ0n) is 9.34. The van der Waals surface area contributed by atoms with E-state index >= 15 is 0 Å². The molecule has 0 spiro atoms. The third kappa shape index (κ3) is 2.35. The average molecular weight is 346 g/mol. The molecule has 16 heavy (non-hydrogen) atoms. The van der Waals surface area contributed by atoms with Gasteiger partial charge in [0.2, 0.25) is 0 Å². The van der Waals surface area contributed by atoms with Crippen molar-refractivity contribution < 1.29 is 4.74 Å². The predicted molar refractivity (Wildman–Crippen MR) is 74.8 cm³/mol. The van der Waals surface area contributed by atoms with Gasteiger partial charge in [-0.25, -0.2) is 0 Å². The Morgan fingerprint density at radius 2 is 1.88 bits per heavy atom. The molecule has 1 nitrogen and oxygen atoms in total. The molecular formula is C13H14Br2O. The second kappa shape index (κ2) is 4.53. The molecule has 0 bridgehead atoms. The van der Waals surface area contributed by atoms with Crippen molar-refractivity contribution in [2.45, 2.75) is 30.7 Å². The number of ether oxygens (including phenoxy) is 1. The van der Waals surface area contributed by atoms with Crippen molar-refractivity contribution in [1.29, 1.82) is 0 Å². The smallest absolute Gasteiger partial charge is 0.137 e. The number of hydrogen-bond acceptors (Lipinski definition) is 1. The van der Waals surface area contributed by atoms with Crippen molar-refractivity contribution in [2.24, 2.45) is 0 Å². The summed E-state index contributed by atoms with van der Waals surface area (Å²) in [4.78, 5) is 0.335. The minimum atomic E-state index is -0.178. The highest BCUT2D eigenvalue weighted by atomic mass is 79.9. The molecule has 1 atom stereocenters. The first-order valence-electron chi connectivity index (χ1n) is 5.28. The molecule has 1 heterocycles. The first kappa shape index (κ1) is 12.2. The highest BCUT2D eigenvalue weighted by Crippen LogP contribution is 2.42. The summed E-state index contributed by atoms with van der Waals surface area (Å²) in [6, 6.07) is 10.2. The molecule has 1 aromatic carbocycles. The molecule has 1 aromatic rings. The number of hydrogen-bond donors (Lipinski definition) is 0. The lowest BCUT2D eigenvalue weighted by molar-refractivity contribution is 0.0668. The number of rotatable bonds is 1. The molecule has 1 unspecified atom stereocenters. The van der Waals surface area contributed by atoms with E-state index < -0.39 is 0 Å². The van der Waals surface area contributed by atoms with Gasteiger partial charge in [0.25, 0.3) is 0 Å². The fourth-order valence-electron chi connectivity index (χ4n) is 1.68. The van der Waals surface area contributed by atoms with Crippen LogP contribution in [-0.4, -0.2) is 10.4 Å². The maximum absolute atomic E-state index is 6.07. The lowest BCUT2D eigenvalue weighted by atomic mass is 9.97. The van der Waals surface area contributed by atoms with E-state index in [1.54, 1.807) is 0 Å². The molecule has 0 fully saturated rings. The van der Waals surface area contributed by atoms with Gasteiger partial charge < -0.3 is 4.74 Å². The van der Waals surface area contributed by atoms with E-state index in [1.807, 2.05) is 18.2 Å². The first-order chi connectivity index (χ1) is 7.50. The van der Waals surface area contributed by atoms with Crippen LogP contribution in [0.1, 0.15) is 25.8 Å². The minimum absolute atomic E-state index is 0.178. The van der Waals surface area contributed by atoms with Gasteiger partial charge in [-0.1, -0.05) is 62.2 Å². The van der Waals surface area contributed by atoms with Crippen LogP contribution < -0.4 is 0 Å². The molecule has 0 amide bonds. The second-order valence-corrected chi connectivity index (χ2v) is 6.54. The van der Waals surface area contributed by atoms with Crippen molar-refractivity contribution in [2.75, 3.05) is 0 Å². The zero-order chi connectivity index (χ0) is 11.8. The van der Waals surface area contributed by atoms with Crippen LogP contribution in [-0.2, 0) is 4.74 Å². The molecule has 1 aliphatic rings. The van der Waals surface area contributed by atoms with E-state index in [0.717, 1.165) is 22.2 Å². The highest BCUT2D eigenvalue weighted by Gasteiger charge is 2.36. The maximum Gasteiger partial charge on any atom is 0.137 e. The van der Waals surface area contributed by atoms with E-state index in [9.17, 15) is 0 Å². The summed E-state index contributed by atoms with van der Waals surface area (Å²) in [5.41, 5.74) is 0.949. The van der Waals surface area contributed by atoms with Gasteiger partial charge in [-0.05, 0) is 20.3 Å². The standard InChI is InChI=1S/C13H14Br2O/c1-13(2)11(15)8-10(14)12(16-13)9-6-4-3-5-7-9/h3-7,11H,8H2,1-2H3. The molecule has 0 radical (unpaired) electrons. The molecule has 2 rings (SSSR count). The van der Waals surface area contributed by atoms with E-state index in [0.29, 0.717) is 4.83 Å². The molecule has 86 valence electrons. The molecule has 0 N–H and O–H groups in total. The van der Waals surface area contributed by atoms with Gasteiger partial charge in [-0.15, -0.1) is 0 Å². The van der Waals surface area contributed by atoms with E-state index in [1.165, 1.54) is 0 Å². The van der Waals surface area contributed by atoms with Gasteiger partial charge >= 0.3 is 0 Å². The second-order valence-electron chi connectivity index (χ2n) is 4.48. The Hall–Kier alpha value is -0.280. The Kier molecular flexibility index (Phi) is 3.45. The Labute approximate surface area is 113 Å². The Bertz CT molecular complexity index is 409. The third-order valence-corrected chi connectivity index (χ3v) is 4.87. The summed E-state index contributed by atoms with van der Waals surface area (Å²) in [5, 5.41) is 0. The summed E-state index contributed by atoms with van der Waals surface area (Å²) >= 11 is 7.27. The number of alkyl halides is 1. The van der Waals surface area contributed by atoms with Crippen molar-refractivity contribution in [3.05, 3.63) is 40.4 Å². The van der Waals surface area contributed by atoms with Crippen LogP contribution in [0.25, 0.3) is 5.76 Å². The minimum Gasteiger partial charge on any atom is -0.485 e. The van der Waals surface area contributed by atoms with Crippen LogP contribution >= 0.6 is 31.9 Å². The maximum atomic E-state index is 6.07. The van der Waals surface area contributed by atoms with Gasteiger partial charge in [0.15, 0.2) is 0 Å². The van der Waals surface area contributed by atoms with Crippen molar-refractivity contribution in [3.8, 4) is 0 Å². The molecule has 0 aromatic heterocycles. The van der Waals surface area contributed by atoms with Crippen LogP contribution in [0.2, 0.25) is 0 Å². The SMILES string of the molecule is CC1(C)OC(c2ccccc2)=C(Br)CC1Br. The predicted octanol–water partition coefficient (Wildman–Crippen LogP) is 4.71. The summed E-state index contributed by atoms with van der Waals surface area (Å²) in [6.45, 7) is 4.21. The quantitative estimate of drug-likeness (QED) is 0.669. The molecule has 0 aliphatic carbocycles. The summed E-state index contributed by atoms with van der Waals surface area (Å²) in [5.74, 6) is 0.960. The van der Waals surface area contributed by atoms with E-state index in [-0.39, 0.29) is 5.60 Å². The molecule has 1 aliphatic heterocycles. The number of halogens is 2. The third-order valence-electron chi connectivity index (χ3n) is 2.76. The number of allylic oxidation sites excluding steroid dienone is 1. The summed E-state index contributed by atoms with van der Waals surface area (Å²) < 4.78 is 7.20. The lowest BCUT2D eigenvalue weighted by Crippen LogP contribution is -2.37. The summed E-state index contributed by atoms with van der Waals surface area (Å²) in [6.07, 6.45) is 0.956. The fraction of sp³-hybridized carbons (Fsp3) is 0.385. The molecule has 3 heteroatoms. The fourth-order valence-corrected chi connectivity index (χ4v) is 3.17. The zero-order valence-corrected chi connectivity index (χ0v) is 12.5. The normalized spacial score (nSPS) is 24.1. The Morgan fingerprint density at radius 3 is 2.50 bits per heavy atom. The van der Waals surface area contributed by atoms with Crippen molar-refractivity contribution in [3.63, 3.8) is 0 Å². The highest BCUT2D eigenvalue weighted by molar-refractivity contribution is 9.12. The van der Waals surface area contributed by atoms with Crippen molar-refractivity contribution in [1.82, 2.24) is 0 Å². The molecule has 0 saturated carbocycles. The van der Waals surface area contributed by atoms with E-state index in [4.69, 9.17) is 4.74 Å². The van der Waals surface area contributed by atoms with Gasteiger partial charge in [-0.3, -0.25) is 0 Å². The van der Waals surface area contributed by atoms with Crippen LogP contribution in [0.15, 0.2) is 34.8 Å². The topological polar surface area (TPSA) is 9.23 Å². The van der Waals surface area contributed by atoms with Crippen molar-refractivity contribution >= 4 is 37.6 Å². The molecular weight excluding hydrogens is 332 g/mol. The Balaban J connectivity index is 2.38. The van der Waals surface area contributed by atoms with E-state index in [2.05, 4.69) is 57.8 Å². The monoisotopic (exact) mass is 344 g/mol. The van der Waals surface area contributed by atoms with Gasteiger partial charge in [0, 0.05) is 10.0 Å². The number of benzene rings is 1. The van der Waals surface area contributed by atoms with Crippen LogP contribution in [0, 0.1) is 0 Å². The van der Waals surface area contributed by atoms with Crippen LogP contribution in [0.4, 0.5) is 0 Å². The molecule has 0 saturated heterocycles. The average Bonchev–Trinajstić information content (AvgIpc) is 2.25. The van der Waals surface area contributed by atoms with Crippen LogP contribution in [0.5, 0.6) is 0 Å². The first-order valence-corrected chi connectivity index (χ1v) is 6.99. The largest absolute Gasteiger partial charge is 0.485 e.